The number of nitrogens with zero attached hydrogens (tertiary/aromatic N) is 1. The molecule has 0 aliphatic rings. The van der Waals surface area contributed by atoms with E-state index in [1.54, 1.807) is 0 Å². The number of rotatable bonds is 3. The summed E-state index contributed by atoms with van der Waals surface area (Å²) >= 11 is 0. The summed E-state index contributed by atoms with van der Waals surface area (Å²) in [6.45, 7) is 0. The van der Waals surface area contributed by atoms with Gasteiger partial charge in [-0.15, -0.1) is 0 Å². The third kappa shape index (κ3) is 2.00. The Labute approximate surface area is 86.3 Å². The lowest BCUT2D eigenvalue weighted by molar-refractivity contribution is -0.387. The summed E-state index contributed by atoms with van der Waals surface area (Å²) in [6, 6.07) is 0.494. The molecule has 1 rings (SSSR count). The van der Waals surface area contributed by atoms with Crippen molar-refractivity contribution in [2.45, 2.75) is 0 Å². The van der Waals surface area contributed by atoms with Crippen molar-refractivity contribution in [1.82, 2.24) is 0 Å². The van der Waals surface area contributed by atoms with Gasteiger partial charge in [-0.25, -0.2) is 9.18 Å². The Balaban J connectivity index is 3.53. The van der Waals surface area contributed by atoms with Gasteiger partial charge in [-0.1, -0.05) is 0 Å². The molecular formula is C8H3F2NO5. The van der Waals surface area contributed by atoms with Crippen molar-refractivity contribution in [3.8, 4) is 0 Å². The topological polar surface area (TPSA) is 97.5 Å². The summed E-state index contributed by atoms with van der Waals surface area (Å²) < 4.78 is 25.6. The SMILES string of the molecule is O=C(O)C(=O)c1cc(F)cc(F)c1[N+](=O)[O-]. The van der Waals surface area contributed by atoms with Gasteiger partial charge in [0.15, 0.2) is 0 Å². The minimum absolute atomic E-state index is 0.191. The number of carboxylic acid groups (broad SMARTS) is 1. The summed E-state index contributed by atoms with van der Waals surface area (Å²) in [6.07, 6.45) is 0. The molecule has 0 aromatic heterocycles. The maximum Gasteiger partial charge on any atom is 0.377 e. The summed E-state index contributed by atoms with van der Waals surface area (Å²) in [5, 5.41) is 18.7. The summed E-state index contributed by atoms with van der Waals surface area (Å²) in [5.74, 6) is -6.65. The van der Waals surface area contributed by atoms with Gasteiger partial charge < -0.3 is 5.11 Å². The maximum absolute atomic E-state index is 13.0. The van der Waals surface area contributed by atoms with E-state index in [9.17, 15) is 28.5 Å². The lowest BCUT2D eigenvalue weighted by Gasteiger charge is -2.00. The van der Waals surface area contributed by atoms with E-state index in [2.05, 4.69) is 0 Å². The zero-order chi connectivity index (χ0) is 12.5. The number of aliphatic carboxylic acids is 1. The minimum atomic E-state index is -2.03. The fourth-order valence-corrected chi connectivity index (χ4v) is 1.04. The highest BCUT2D eigenvalue weighted by Gasteiger charge is 2.29. The van der Waals surface area contributed by atoms with Gasteiger partial charge in [0.1, 0.15) is 11.4 Å². The minimum Gasteiger partial charge on any atom is -0.475 e. The molecule has 0 aliphatic heterocycles. The first kappa shape index (κ1) is 11.7. The molecule has 0 bridgehead atoms. The number of hydrogen-bond acceptors (Lipinski definition) is 4. The monoisotopic (exact) mass is 231 g/mol. The molecule has 84 valence electrons. The molecule has 0 fully saturated rings. The van der Waals surface area contributed by atoms with Crippen LogP contribution in [0.4, 0.5) is 14.5 Å². The van der Waals surface area contributed by atoms with Gasteiger partial charge in [0, 0.05) is 6.07 Å². The first-order valence-corrected chi connectivity index (χ1v) is 3.75. The Hall–Kier alpha value is -2.38. The number of carbonyl (C=O) groups excluding carboxylic acids is 1. The number of carbonyl (C=O) groups is 2. The van der Waals surface area contributed by atoms with Crippen molar-refractivity contribution in [3.05, 3.63) is 39.4 Å². The van der Waals surface area contributed by atoms with E-state index in [1.165, 1.54) is 0 Å². The molecule has 16 heavy (non-hydrogen) atoms. The molecule has 0 spiro atoms. The van der Waals surface area contributed by atoms with Crippen LogP contribution in [0.1, 0.15) is 10.4 Å². The van der Waals surface area contributed by atoms with Gasteiger partial charge in [-0.3, -0.25) is 14.9 Å². The second-order valence-corrected chi connectivity index (χ2v) is 2.68. The van der Waals surface area contributed by atoms with Gasteiger partial charge in [-0.2, -0.15) is 4.39 Å². The average molecular weight is 231 g/mol. The number of nitro benzene ring substituents is 1. The molecular weight excluding hydrogens is 228 g/mol. The van der Waals surface area contributed by atoms with Crippen LogP contribution in [-0.2, 0) is 4.79 Å². The van der Waals surface area contributed by atoms with Crippen LogP contribution >= 0.6 is 0 Å². The van der Waals surface area contributed by atoms with Crippen LogP contribution < -0.4 is 0 Å². The fraction of sp³-hybridized carbons (Fsp3) is 0. The summed E-state index contributed by atoms with van der Waals surface area (Å²) in [7, 11) is 0. The standard InChI is InChI=1S/C8H3F2NO5/c9-3-1-4(7(12)8(13)14)6(11(15)16)5(10)2-3/h1-2H,(H,13,14). The van der Waals surface area contributed by atoms with Crippen molar-refractivity contribution in [2.75, 3.05) is 0 Å². The van der Waals surface area contributed by atoms with Crippen LogP contribution in [0, 0.1) is 21.7 Å². The number of carboxylic acids is 1. The molecule has 8 heteroatoms. The second-order valence-electron chi connectivity index (χ2n) is 2.68. The van der Waals surface area contributed by atoms with Crippen LogP contribution in [-0.4, -0.2) is 21.8 Å². The van der Waals surface area contributed by atoms with Crippen LogP contribution in [0.5, 0.6) is 0 Å². The molecule has 0 saturated carbocycles. The molecule has 1 aromatic rings. The Morgan fingerprint density at radius 1 is 1.31 bits per heavy atom. The second kappa shape index (κ2) is 4.01. The number of Topliss-reactive ketones (excluding diaryl/α,β-unsaturated/α-hetero) is 1. The fourth-order valence-electron chi connectivity index (χ4n) is 1.04. The van der Waals surface area contributed by atoms with E-state index in [-0.39, 0.29) is 6.07 Å². The van der Waals surface area contributed by atoms with E-state index in [0.717, 1.165) is 0 Å². The van der Waals surface area contributed by atoms with Crippen molar-refractivity contribution >= 4 is 17.4 Å². The number of nitro groups is 1. The maximum atomic E-state index is 13.0. The first-order valence-electron chi connectivity index (χ1n) is 3.75. The molecule has 0 amide bonds. The number of hydrogen-bond donors (Lipinski definition) is 1. The molecule has 0 heterocycles. The number of ketones is 1. The predicted molar refractivity (Wildman–Crippen MR) is 45.0 cm³/mol. The van der Waals surface area contributed by atoms with E-state index in [4.69, 9.17) is 5.11 Å². The molecule has 0 unspecified atom stereocenters. The quantitative estimate of drug-likeness (QED) is 0.364. The first-order chi connectivity index (χ1) is 7.34. The molecule has 1 N–H and O–H groups in total. The third-order valence-corrected chi connectivity index (χ3v) is 1.65. The van der Waals surface area contributed by atoms with Gasteiger partial charge >= 0.3 is 11.7 Å². The van der Waals surface area contributed by atoms with Gasteiger partial charge in [0.05, 0.1) is 4.92 Å². The van der Waals surface area contributed by atoms with Crippen LogP contribution in [0.15, 0.2) is 12.1 Å². The number of halogens is 2. The molecule has 0 radical (unpaired) electrons. The van der Waals surface area contributed by atoms with Crippen LogP contribution in [0.25, 0.3) is 0 Å². The lowest BCUT2D eigenvalue weighted by atomic mass is 10.1. The Kier molecular flexibility index (Phi) is 2.93. The van der Waals surface area contributed by atoms with E-state index >= 15 is 0 Å². The zero-order valence-corrected chi connectivity index (χ0v) is 7.44. The Morgan fingerprint density at radius 2 is 1.88 bits per heavy atom. The molecule has 0 atom stereocenters. The molecule has 1 aromatic carbocycles. The van der Waals surface area contributed by atoms with E-state index in [0.29, 0.717) is 6.07 Å². The largest absolute Gasteiger partial charge is 0.475 e. The highest BCUT2D eigenvalue weighted by Crippen LogP contribution is 2.24. The molecule has 0 saturated heterocycles. The van der Waals surface area contributed by atoms with Crippen molar-refractivity contribution in [2.24, 2.45) is 0 Å². The number of benzene rings is 1. The summed E-state index contributed by atoms with van der Waals surface area (Å²) in [5.41, 5.74) is -2.48. The van der Waals surface area contributed by atoms with E-state index in [1.807, 2.05) is 0 Å². The van der Waals surface area contributed by atoms with Gasteiger partial charge in [-0.05, 0) is 6.07 Å². The average Bonchev–Trinajstić information content (AvgIpc) is 2.14. The molecule has 0 aliphatic carbocycles. The zero-order valence-electron chi connectivity index (χ0n) is 7.44. The van der Waals surface area contributed by atoms with E-state index < -0.39 is 39.6 Å². The van der Waals surface area contributed by atoms with Crippen LogP contribution in [0.3, 0.4) is 0 Å². The molecule has 6 nitrogen and oxygen atoms in total. The highest BCUT2D eigenvalue weighted by molar-refractivity contribution is 6.40. The van der Waals surface area contributed by atoms with Crippen molar-refractivity contribution in [3.63, 3.8) is 0 Å². The summed E-state index contributed by atoms with van der Waals surface area (Å²) in [4.78, 5) is 30.3. The predicted octanol–water partition coefficient (Wildman–Crippen LogP) is 1.14. The lowest BCUT2D eigenvalue weighted by Crippen LogP contribution is -2.15. The smallest absolute Gasteiger partial charge is 0.377 e. The van der Waals surface area contributed by atoms with Gasteiger partial charge in [0.2, 0.25) is 5.82 Å². The Bertz CT molecular complexity index is 499. The van der Waals surface area contributed by atoms with Crippen molar-refractivity contribution in [1.29, 1.82) is 0 Å². The normalized spacial score (nSPS) is 9.88. The van der Waals surface area contributed by atoms with Gasteiger partial charge in [0.25, 0.3) is 5.78 Å². The Morgan fingerprint density at radius 3 is 2.31 bits per heavy atom. The van der Waals surface area contributed by atoms with Crippen LogP contribution in [0.2, 0.25) is 0 Å². The third-order valence-electron chi connectivity index (χ3n) is 1.65. The highest BCUT2D eigenvalue weighted by atomic mass is 19.1. The van der Waals surface area contributed by atoms with Crippen molar-refractivity contribution < 1.29 is 28.4 Å².